The lowest BCUT2D eigenvalue weighted by atomic mass is 9.73. The fraction of sp³-hybridized carbons (Fsp3) is 1.00. The number of fused-ring (bicyclic) bond motifs is 3. The van der Waals surface area contributed by atoms with Gasteiger partial charge in [-0.1, -0.05) is 12.8 Å². The van der Waals surface area contributed by atoms with Crippen LogP contribution in [-0.2, 0) is 19.2 Å². The fourth-order valence-corrected chi connectivity index (χ4v) is 3.38. The van der Waals surface area contributed by atoms with Crippen LogP contribution in [0.4, 0.5) is 0 Å². The molecule has 4 rings (SSSR count). The second-order valence-corrected chi connectivity index (χ2v) is 5.42. The van der Waals surface area contributed by atoms with Crippen LogP contribution in [0.5, 0.6) is 0 Å². The minimum Gasteiger partial charge on any atom is -0.353 e. The molecule has 92 valence electrons. The van der Waals surface area contributed by atoms with E-state index in [2.05, 4.69) is 0 Å². The predicted octanol–water partition coefficient (Wildman–Crippen LogP) is 2.38. The molecule has 4 aliphatic rings. The maximum atomic E-state index is 5.94. The lowest BCUT2D eigenvalue weighted by molar-refractivity contribution is -0.547. The van der Waals surface area contributed by atoms with Crippen LogP contribution in [0.3, 0.4) is 0 Å². The number of ether oxygens (including phenoxy) is 2. The third-order valence-corrected chi connectivity index (χ3v) is 4.35. The van der Waals surface area contributed by atoms with Gasteiger partial charge in [0, 0.05) is 13.5 Å². The van der Waals surface area contributed by atoms with E-state index in [1.807, 2.05) is 6.92 Å². The molecule has 4 atom stereocenters. The van der Waals surface area contributed by atoms with E-state index in [1.165, 1.54) is 19.3 Å². The average molecular weight is 228 g/mol. The Balaban J connectivity index is 1.96. The van der Waals surface area contributed by atoms with E-state index in [1.54, 1.807) is 7.11 Å². The van der Waals surface area contributed by atoms with Crippen molar-refractivity contribution in [3.8, 4) is 0 Å². The maximum Gasteiger partial charge on any atom is 0.201 e. The van der Waals surface area contributed by atoms with Crippen molar-refractivity contribution in [1.29, 1.82) is 0 Å². The van der Waals surface area contributed by atoms with Gasteiger partial charge in [0.1, 0.15) is 0 Å². The summed E-state index contributed by atoms with van der Waals surface area (Å²) in [4.78, 5) is 11.2. The van der Waals surface area contributed by atoms with Crippen LogP contribution in [0, 0.1) is 5.92 Å². The van der Waals surface area contributed by atoms with Crippen LogP contribution in [0.2, 0.25) is 0 Å². The third kappa shape index (κ3) is 1.44. The van der Waals surface area contributed by atoms with E-state index >= 15 is 0 Å². The summed E-state index contributed by atoms with van der Waals surface area (Å²) in [7, 11) is 1.69. The molecular formula is C12H20O4. The summed E-state index contributed by atoms with van der Waals surface area (Å²) >= 11 is 0. The number of hydrogen-bond acceptors (Lipinski definition) is 4. The van der Waals surface area contributed by atoms with Crippen molar-refractivity contribution in [2.75, 3.05) is 7.11 Å². The molecule has 4 nitrogen and oxygen atoms in total. The monoisotopic (exact) mass is 228 g/mol. The average Bonchev–Trinajstić information content (AvgIpc) is 2.53. The molecule has 0 amide bonds. The molecule has 4 heteroatoms. The first kappa shape index (κ1) is 11.0. The molecule has 1 aliphatic carbocycles. The second-order valence-electron chi connectivity index (χ2n) is 5.42. The maximum absolute atomic E-state index is 5.94. The van der Waals surface area contributed by atoms with Crippen LogP contribution < -0.4 is 0 Å². The molecule has 0 aromatic rings. The summed E-state index contributed by atoms with van der Waals surface area (Å²) in [5, 5.41) is 0. The SMILES string of the molecule is CO[C@H]1O[C@]2(C)CC[C@@H]3CCCC[C@@]31OO2. The van der Waals surface area contributed by atoms with Gasteiger partial charge in [-0.05, 0) is 32.1 Å². The van der Waals surface area contributed by atoms with Gasteiger partial charge >= 0.3 is 0 Å². The first-order valence-corrected chi connectivity index (χ1v) is 6.26. The van der Waals surface area contributed by atoms with Gasteiger partial charge in [0.05, 0.1) is 0 Å². The highest BCUT2D eigenvalue weighted by Gasteiger charge is 2.59. The molecule has 0 radical (unpaired) electrons. The van der Waals surface area contributed by atoms with Gasteiger partial charge in [0.2, 0.25) is 5.79 Å². The molecular weight excluding hydrogens is 208 g/mol. The first-order valence-electron chi connectivity index (χ1n) is 6.26. The van der Waals surface area contributed by atoms with Crippen molar-refractivity contribution in [3.05, 3.63) is 0 Å². The largest absolute Gasteiger partial charge is 0.353 e. The molecule has 3 aliphatic heterocycles. The van der Waals surface area contributed by atoms with Gasteiger partial charge in [-0.15, -0.1) is 0 Å². The summed E-state index contributed by atoms with van der Waals surface area (Å²) in [5.74, 6) is -0.112. The van der Waals surface area contributed by atoms with Crippen molar-refractivity contribution in [3.63, 3.8) is 0 Å². The molecule has 4 fully saturated rings. The summed E-state index contributed by atoms with van der Waals surface area (Å²) in [6, 6.07) is 0. The lowest BCUT2D eigenvalue weighted by Crippen LogP contribution is -2.59. The zero-order chi connectivity index (χ0) is 11.2. The van der Waals surface area contributed by atoms with Crippen molar-refractivity contribution in [2.24, 2.45) is 5.92 Å². The van der Waals surface area contributed by atoms with E-state index in [0.29, 0.717) is 5.92 Å². The quantitative estimate of drug-likeness (QED) is 0.646. The Bertz CT molecular complexity index is 278. The van der Waals surface area contributed by atoms with Gasteiger partial charge < -0.3 is 9.47 Å². The topological polar surface area (TPSA) is 36.9 Å². The molecule has 0 aromatic heterocycles. The zero-order valence-corrected chi connectivity index (χ0v) is 10.0. The second kappa shape index (κ2) is 3.67. The van der Waals surface area contributed by atoms with E-state index in [0.717, 1.165) is 19.3 Å². The number of hydrogen-bond donors (Lipinski definition) is 0. The molecule has 0 unspecified atom stereocenters. The summed E-state index contributed by atoms with van der Waals surface area (Å²) in [5.41, 5.74) is -0.358. The normalized spacial score (nSPS) is 52.1. The number of methoxy groups -OCH3 is 1. The van der Waals surface area contributed by atoms with Crippen molar-refractivity contribution in [1.82, 2.24) is 0 Å². The van der Waals surface area contributed by atoms with Crippen LogP contribution in [0.15, 0.2) is 0 Å². The molecule has 3 heterocycles. The van der Waals surface area contributed by atoms with E-state index in [4.69, 9.17) is 19.2 Å². The van der Waals surface area contributed by atoms with Crippen LogP contribution >= 0.6 is 0 Å². The smallest absolute Gasteiger partial charge is 0.201 e. The molecule has 3 saturated heterocycles. The molecule has 0 aromatic carbocycles. The molecule has 0 N–H and O–H groups in total. The highest BCUT2D eigenvalue weighted by Crippen LogP contribution is 2.51. The van der Waals surface area contributed by atoms with Crippen molar-refractivity contribution in [2.45, 2.75) is 63.1 Å². The minimum atomic E-state index is -0.622. The van der Waals surface area contributed by atoms with Crippen molar-refractivity contribution < 1.29 is 19.2 Å². The minimum absolute atomic E-state index is 0.279. The van der Waals surface area contributed by atoms with Crippen molar-refractivity contribution >= 4 is 0 Å². The van der Waals surface area contributed by atoms with Crippen LogP contribution in [0.25, 0.3) is 0 Å². The van der Waals surface area contributed by atoms with Crippen LogP contribution in [-0.4, -0.2) is 24.8 Å². The fourth-order valence-electron chi connectivity index (χ4n) is 3.38. The Morgan fingerprint density at radius 2 is 2.00 bits per heavy atom. The summed E-state index contributed by atoms with van der Waals surface area (Å²) in [6.07, 6.45) is 6.34. The Hall–Kier alpha value is -0.160. The van der Waals surface area contributed by atoms with Gasteiger partial charge in [-0.3, -0.25) is 0 Å². The Kier molecular flexibility index (Phi) is 2.51. The van der Waals surface area contributed by atoms with Crippen LogP contribution in [0.1, 0.15) is 45.4 Å². The van der Waals surface area contributed by atoms with Gasteiger partial charge in [0.15, 0.2) is 11.9 Å². The Morgan fingerprint density at radius 3 is 2.81 bits per heavy atom. The third-order valence-electron chi connectivity index (χ3n) is 4.35. The molecule has 16 heavy (non-hydrogen) atoms. The zero-order valence-electron chi connectivity index (χ0n) is 10.0. The van der Waals surface area contributed by atoms with E-state index < -0.39 is 5.79 Å². The lowest BCUT2D eigenvalue weighted by Gasteiger charge is -2.48. The van der Waals surface area contributed by atoms with Gasteiger partial charge in [0.25, 0.3) is 0 Å². The summed E-state index contributed by atoms with van der Waals surface area (Å²) < 4.78 is 11.4. The van der Waals surface area contributed by atoms with E-state index in [9.17, 15) is 0 Å². The standard InChI is InChI=1S/C12H20O4/c1-11-8-6-9-5-3-4-7-12(9,16-15-11)10(13-2)14-11/h9-10H,3-8H2,1-2H3/t9-,10-,11-,12+/m0/s1. The van der Waals surface area contributed by atoms with E-state index in [-0.39, 0.29) is 11.9 Å². The molecule has 1 spiro atoms. The Labute approximate surface area is 96.1 Å². The predicted molar refractivity (Wildman–Crippen MR) is 56.4 cm³/mol. The van der Waals surface area contributed by atoms with Gasteiger partial charge in [-0.25, -0.2) is 9.78 Å². The first-order chi connectivity index (χ1) is 7.69. The molecule has 1 saturated carbocycles. The highest BCUT2D eigenvalue weighted by molar-refractivity contribution is 4.99. The molecule has 2 bridgehead atoms. The highest BCUT2D eigenvalue weighted by atomic mass is 17.3. The van der Waals surface area contributed by atoms with Gasteiger partial charge in [-0.2, -0.15) is 0 Å². The summed E-state index contributed by atoms with van der Waals surface area (Å²) in [6.45, 7) is 1.93. The Morgan fingerprint density at radius 1 is 1.12 bits per heavy atom. The number of rotatable bonds is 1.